The van der Waals surface area contributed by atoms with E-state index in [1.54, 1.807) is 4.57 Å². The zero-order valence-electron chi connectivity index (χ0n) is 11.6. The molecule has 2 aromatic heterocycles. The molecular formula is C12H16Cl2FN3OSi. The molecule has 0 aliphatic rings. The Balaban J connectivity index is 2.15. The van der Waals surface area contributed by atoms with E-state index in [0.717, 1.165) is 6.04 Å². The Morgan fingerprint density at radius 2 is 2.00 bits per heavy atom. The van der Waals surface area contributed by atoms with Gasteiger partial charge in [0, 0.05) is 20.9 Å². The molecule has 0 amide bonds. The maximum absolute atomic E-state index is 13.8. The van der Waals surface area contributed by atoms with Gasteiger partial charge in [0.05, 0.1) is 0 Å². The van der Waals surface area contributed by atoms with Crippen molar-refractivity contribution in [3.8, 4) is 0 Å². The van der Waals surface area contributed by atoms with Crippen LogP contribution in [0.1, 0.15) is 0 Å². The van der Waals surface area contributed by atoms with Gasteiger partial charge in [-0.25, -0.2) is 14.4 Å². The van der Waals surface area contributed by atoms with Gasteiger partial charge >= 0.3 is 0 Å². The summed E-state index contributed by atoms with van der Waals surface area (Å²) in [5.41, 5.74) is 0.519. The minimum Gasteiger partial charge on any atom is -0.361 e. The normalized spacial score (nSPS) is 12.3. The smallest absolute Gasteiger partial charge is 0.224 e. The molecule has 110 valence electrons. The molecule has 0 aromatic carbocycles. The number of fused-ring (bicyclic) bond motifs is 1. The number of ether oxygens (including phenoxy) is 1. The van der Waals surface area contributed by atoms with Crippen LogP contribution in [-0.2, 0) is 11.5 Å². The Bertz CT molecular complexity index is 627. The fraction of sp³-hybridized carbons (Fsp3) is 0.500. The summed E-state index contributed by atoms with van der Waals surface area (Å²) < 4.78 is 20.9. The van der Waals surface area contributed by atoms with E-state index >= 15 is 0 Å². The van der Waals surface area contributed by atoms with Crippen LogP contribution < -0.4 is 0 Å². The molecule has 0 fully saturated rings. The number of hydrogen-bond acceptors (Lipinski definition) is 3. The lowest BCUT2D eigenvalue weighted by Gasteiger charge is -2.15. The van der Waals surface area contributed by atoms with Gasteiger partial charge in [0.15, 0.2) is 11.0 Å². The van der Waals surface area contributed by atoms with E-state index in [-0.39, 0.29) is 22.7 Å². The van der Waals surface area contributed by atoms with Crippen molar-refractivity contribution in [2.75, 3.05) is 6.61 Å². The number of rotatable bonds is 5. The molecule has 0 N–H and O–H groups in total. The molecule has 0 aliphatic heterocycles. The van der Waals surface area contributed by atoms with Gasteiger partial charge in [0.1, 0.15) is 17.8 Å². The van der Waals surface area contributed by atoms with Gasteiger partial charge in [-0.1, -0.05) is 31.2 Å². The minimum absolute atomic E-state index is 0.0706. The van der Waals surface area contributed by atoms with Crippen molar-refractivity contribution in [1.82, 2.24) is 14.5 Å². The highest BCUT2D eigenvalue weighted by molar-refractivity contribution is 6.76. The Labute approximate surface area is 127 Å². The lowest BCUT2D eigenvalue weighted by molar-refractivity contribution is 0.0898. The third-order valence-electron chi connectivity index (χ3n) is 2.82. The number of halogens is 3. The van der Waals surface area contributed by atoms with Crippen LogP contribution in [0.4, 0.5) is 4.39 Å². The van der Waals surface area contributed by atoms with Crippen LogP contribution in [0.5, 0.6) is 0 Å². The summed E-state index contributed by atoms with van der Waals surface area (Å²) in [7, 11) is -1.14. The molecule has 0 saturated heterocycles. The van der Waals surface area contributed by atoms with Crippen molar-refractivity contribution in [2.24, 2.45) is 0 Å². The molecule has 0 bridgehead atoms. The minimum atomic E-state index is -1.14. The number of aromatic nitrogens is 3. The van der Waals surface area contributed by atoms with Gasteiger partial charge in [-0.2, -0.15) is 0 Å². The molecule has 0 unspecified atom stereocenters. The second-order valence-electron chi connectivity index (χ2n) is 5.78. The van der Waals surface area contributed by atoms with Crippen molar-refractivity contribution in [2.45, 2.75) is 32.4 Å². The first-order valence-electron chi connectivity index (χ1n) is 6.23. The van der Waals surface area contributed by atoms with E-state index in [9.17, 15) is 4.39 Å². The molecule has 4 nitrogen and oxygen atoms in total. The van der Waals surface area contributed by atoms with Gasteiger partial charge in [0.25, 0.3) is 0 Å². The van der Waals surface area contributed by atoms with Crippen LogP contribution >= 0.6 is 23.2 Å². The molecule has 8 heteroatoms. The van der Waals surface area contributed by atoms with Crippen LogP contribution in [0.3, 0.4) is 0 Å². The standard InChI is InChI=1S/C12H16Cl2FN3OSi/c1-20(2,3)5-4-19-7-18-6-8(15)9-10(18)11(13)17-12(14)16-9/h6H,4-5,7H2,1-3H3. The molecule has 2 aromatic rings. The highest BCUT2D eigenvalue weighted by Crippen LogP contribution is 2.26. The first-order chi connectivity index (χ1) is 9.28. The van der Waals surface area contributed by atoms with E-state index in [0.29, 0.717) is 12.1 Å². The van der Waals surface area contributed by atoms with Crippen LogP contribution in [0, 0.1) is 5.82 Å². The van der Waals surface area contributed by atoms with Gasteiger partial charge in [0.2, 0.25) is 5.28 Å². The Morgan fingerprint density at radius 3 is 2.65 bits per heavy atom. The molecule has 0 radical (unpaired) electrons. The Kier molecular flexibility index (Phi) is 4.68. The summed E-state index contributed by atoms with van der Waals surface area (Å²) in [4.78, 5) is 7.68. The van der Waals surface area contributed by atoms with E-state index in [1.807, 2.05) is 0 Å². The lowest BCUT2D eigenvalue weighted by Crippen LogP contribution is -2.22. The molecule has 0 atom stereocenters. The average Bonchev–Trinajstić information content (AvgIpc) is 2.61. The molecular weight excluding hydrogens is 320 g/mol. The second-order valence-corrected chi connectivity index (χ2v) is 12.1. The number of hydrogen-bond donors (Lipinski definition) is 0. The third-order valence-corrected chi connectivity index (χ3v) is 4.96. The fourth-order valence-corrected chi connectivity index (χ4v) is 2.98. The van der Waals surface area contributed by atoms with Crippen LogP contribution in [0.25, 0.3) is 11.0 Å². The first-order valence-corrected chi connectivity index (χ1v) is 10.7. The molecule has 0 spiro atoms. The monoisotopic (exact) mass is 335 g/mol. The molecule has 2 heterocycles. The molecule has 0 saturated carbocycles. The maximum atomic E-state index is 13.8. The summed E-state index contributed by atoms with van der Waals surface area (Å²) in [6.07, 6.45) is 1.30. The Morgan fingerprint density at radius 1 is 1.30 bits per heavy atom. The van der Waals surface area contributed by atoms with Crippen molar-refractivity contribution >= 4 is 42.3 Å². The van der Waals surface area contributed by atoms with Crippen molar-refractivity contribution in [3.05, 3.63) is 22.5 Å². The van der Waals surface area contributed by atoms with Gasteiger partial charge in [-0.3, -0.25) is 0 Å². The molecule has 0 aliphatic carbocycles. The molecule has 20 heavy (non-hydrogen) atoms. The average molecular weight is 336 g/mol. The predicted molar refractivity (Wildman–Crippen MR) is 81.6 cm³/mol. The van der Waals surface area contributed by atoms with Crippen LogP contribution in [0.15, 0.2) is 6.20 Å². The predicted octanol–water partition coefficient (Wildman–Crippen LogP) is 4.19. The summed E-state index contributed by atoms with van der Waals surface area (Å²) in [5, 5.41) is 0.0523. The van der Waals surface area contributed by atoms with E-state index in [1.165, 1.54) is 6.20 Å². The second kappa shape index (κ2) is 5.97. The highest BCUT2D eigenvalue weighted by atomic mass is 35.5. The first kappa shape index (κ1) is 15.7. The number of nitrogens with zero attached hydrogens (tertiary/aromatic N) is 3. The summed E-state index contributed by atoms with van der Waals surface area (Å²) in [6.45, 7) is 7.67. The van der Waals surface area contributed by atoms with Crippen molar-refractivity contribution < 1.29 is 9.13 Å². The maximum Gasteiger partial charge on any atom is 0.224 e. The van der Waals surface area contributed by atoms with Crippen LogP contribution in [-0.4, -0.2) is 29.2 Å². The highest BCUT2D eigenvalue weighted by Gasteiger charge is 2.16. The van der Waals surface area contributed by atoms with Crippen molar-refractivity contribution in [1.29, 1.82) is 0 Å². The van der Waals surface area contributed by atoms with Gasteiger partial charge < -0.3 is 9.30 Å². The summed E-state index contributed by atoms with van der Waals surface area (Å²) in [5.74, 6) is -0.486. The van der Waals surface area contributed by atoms with E-state index < -0.39 is 13.9 Å². The quantitative estimate of drug-likeness (QED) is 0.356. The lowest BCUT2D eigenvalue weighted by atomic mass is 10.4. The largest absolute Gasteiger partial charge is 0.361 e. The van der Waals surface area contributed by atoms with Crippen LogP contribution in [0.2, 0.25) is 36.1 Å². The Hall–Kier alpha value is -0.693. The van der Waals surface area contributed by atoms with E-state index in [2.05, 4.69) is 29.6 Å². The van der Waals surface area contributed by atoms with Gasteiger partial charge in [-0.15, -0.1) is 0 Å². The van der Waals surface area contributed by atoms with E-state index in [4.69, 9.17) is 27.9 Å². The fourth-order valence-electron chi connectivity index (χ4n) is 1.73. The zero-order chi connectivity index (χ0) is 14.9. The SMILES string of the molecule is C[Si](C)(C)CCOCn1cc(F)c2nc(Cl)nc(Cl)c21. The summed E-state index contributed by atoms with van der Waals surface area (Å²) >= 11 is 11.7. The summed E-state index contributed by atoms with van der Waals surface area (Å²) in [6, 6.07) is 1.05. The molecule has 2 rings (SSSR count). The zero-order valence-corrected chi connectivity index (χ0v) is 14.1. The topological polar surface area (TPSA) is 39.9 Å². The van der Waals surface area contributed by atoms with Gasteiger partial charge in [-0.05, 0) is 17.6 Å². The van der Waals surface area contributed by atoms with Crippen molar-refractivity contribution in [3.63, 3.8) is 0 Å². The third kappa shape index (κ3) is 3.69.